The topological polar surface area (TPSA) is 63.9 Å². The summed E-state index contributed by atoms with van der Waals surface area (Å²) < 4.78 is 31.9. The van der Waals surface area contributed by atoms with Gasteiger partial charge in [-0.15, -0.1) is 0 Å². The Morgan fingerprint density at radius 3 is 2.41 bits per heavy atom. The Morgan fingerprint density at radius 2 is 1.94 bits per heavy atom. The molecule has 1 aromatic carbocycles. The third-order valence-corrected chi connectivity index (χ3v) is 2.34. The Bertz CT molecular complexity index is 516. The fourth-order valence-corrected chi connectivity index (χ4v) is 1.53. The zero-order valence-electron chi connectivity index (χ0n) is 9.13. The molecule has 0 unspecified atom stereocenters. The van der Waals surface area contributed by atoms with Crippen molar-refractivity contribution in [1.29, 1.82) is 0 Å². The van der Waals surface area contributed by atoms with E-state index in [0.29, 0.717) is 11.3 Å². The van der Waals surface area contributed by atoms with E-state index in [2.05, 4.69) is 10.2 Å². The quantitative estimate of drug-likeness (QED) is 0.861. The summed E-state index contributed by atoms with van der Waals surface area (Å²) in [6, 6.07) is 3.93. The highest BCUT2D eigenvalue weighted by Gasteiger charge is 2.12. The summed E-state index contributed by atoms with van der Waals surface area (Å²) in [5.41, 5.74) is 6.14. The molecule has 0 amide bonds. The van der Waals surface area contributed by atoms with Crippen LogP contribution in [0.3, 0.4) is 0 Å². The van der Waals surface area contributed by atoms with Crippen LogP contribution in [0, 0.1) is 11.6 Å². The minimum Gasteiger partial charge on any atom is -0.382 e. The number of aromatic nitrogens is 2. The Labute approximate surface area is 96.4 Å². The van der Waals surface area contributed by atoms with Gasteiger partial charge in [0.15, 0.2) is 0 Å². The van der Waals surface area contributed by atoms with Gasteiger partial charge in [0.25, 0.3) is 0 Å². The maximum Gasteiger partial charge on any atom is 0.145 e. The second kappa shape index (κ2) is 4.50. The minimum atomic E-state index is -0.657. The number of H-pyrrole nitrogens is 1. The average molecular weight is 239 g/mol. The first kappa shape index (κ1) is 11.5. The molecule has 0 atom stereocenters. The standard InChI is InChI=1S/C11H11F2N3O/c1-17-5-7-8(12)2-6(3-9(7)13)10-4-11(14)16-15-10/h2-4H,5H2,1H3,(H3,14,15,16). The van der Waals surface area contributed by atoms with Crippen LogP contribution in [0.1, 0.15) is 5.56 Å². The van der Waals surface area contributed by atoms with Crippen LogP contribution in [0.4, 0.5) is 14.6 Å². The first-order valence-electron chi connectivity index (χ1n) is 4.90. The highest BCUT2D eigenvalue weighted by molar-refractivity contribution is 5.62. The van der Waals surface area contributed by atoms with Gasteiger partial charge in [0.1, 0.15) is 17.5 Å². The van der Waals surface area contributed by atoms with E-state index in [4.69, 9.17) is 10.5 Å². The van der Waals surface area contributed by atoms with E-state index in [1.165, 1.54) is 25.3 Å². The molecule has 17 heavy (non-hydrogen) atoms. The van der Waals surface area contributed by atoms with E-state index < -0.39 is 11.6 Å². The van der Waals surface area contributed by atoms with Crippen molar-refractivity contribution >= 4 is 5.82 Å². The lowest BCUT2D eigenvalue weighted by atomic mass is 10.1. The lowest BCUT2D eigenvalue weighted by molar-refractivity contribution is 0.177. The van der Waals surface area contributed by atoms with E-state index in [1.54, 1.807) is 0 Å². The summed E-state index contributed by atoms with van der Waals surface area (Å²) in [5, 5.41) is 6.28. The van der Waals surface area contributed by atoms with Crippen LogP contribution in [0.5, 0.6) is 0 Å². The van der Waals surface area contributed by atoms with Gasteiger partial charge in [-0.25, -0.2) is 8.78 Å². The Balaban J connectivity index is 2.45. The van der Waals surface area contributed by atoms with Gasteiger partial charge in [-0.05, 0) is 12.1 Å². The third kappa shape index (κ3) is 2.26. The predicted molar refractivity (Wildman–Crippen MR) is 59.1 cm³/mol. The van der Waals surface area contributed by atoms with E-state index >= 15 is 0 Å². The van der Waals surface area contributed by atoms with Gasteiger partial charge in [-0.1, -0.05) is 0 Å². The number of ether oxygens (including phenoxy) is 1. The number of hydrogen-bond donors (Lipinski definition) is 2. The Kier molecular flexibility index (Phi) is 3.06. The number of rotatable bonds is 3. The van der Waals surface area contributed by atoms with E-state index in [-0.39, 0.29) is 18.0 Å². The zero-order valence-corrected chi connectivity index (χ0v) is 9.13. The molecule has 2 rings (SSSR count). The van der Waals surface area contributed by atoms with Gasteiger partial charge >= 0.3 is 0 Å². The largest absolute Gasteiger partial charge is 0.382 e. The molecule has 0 spiro atoms. The van der Waals surface area contributed by atoms with Crippen molar-refractivity contribution in [3.63, 3.8) is 0 Å². The molecule has 90 valence electrons. The number of methoxy groups -OCH3 is 1. The maximum atomic E-state index is 13.6. The second-order valence-electron chi connectivity index (χ2n) is 3.56. The summed E-state index contributed by atoms with van der Waals surface area (Å²) in [5.74, 6) is -1.05. The molecule has 2 aromatic rings. The first-order chi connectivity index (χ1) is 8.11. The molecule has 0 saturated carbocycles. The molecule has 6 heteroatoms. The molecule has 0 radical (unpaired) electrons. The van der Waals surface area contributed by atoms with Crippen molar-refractivity contribution in [2.24, 2.45) is 0 Å². The summed E-state index contributed by atoms with van der Waals surface area (Å²) in [6.07, 6.45) is 0. The number of nitrogens with two attached hydrogens (primary N) is 1. The number of benzene rings is 1. The van der Waals surface area contributed by atoms with Gasteiger partial charge in [-0.3, -0.25) is 5.10 Å². The zero-order chi connectivity index (χ0) is 12.4. The van der Waals surface area contributed by atoms with Gasteiger partial charge in [0, 0.05) is 24.3 Å². The smallest absolute Gasteiger partial charge is 0.145 e. The van der Waals surface area contributed by atoms with Crippen LogP contribution in [-0.4, -0.2) is 17.3 Å². The van der Waals surface area contributed by atoms with Crippen LogP contribution < -0.4 is 5.73 Å². The van der Waals surface area contributed by atoms with E-state index in [9.17, 15) is 8.78 Å². The van der Waals surface area contributed by atoms with Gasteiger partial charge in [0.2, 0.25) is 0 Å². The lowest BCUT2D eigenvalue weighted by Crippen LogP contribution is -1.98. The van der Waals surface area contributed by atoms with Crippen molar-refractivity contribution in [3.8, 4) is 11.3 Å². The van der Waals surface area contributed by atoms with Crippen molar-refractivity contribution in [3.05, 3.63) is 35.4 Å². The summed E-state index contributed by atoms with van der Waals surface area (Å²) >= 11 is 0. The molecule has 0 bridgehead atoms. The molecule has 0 aliphatic heterocycles. The molecule has 0 aliphatic rings. The molecular weight excluding hydrogens is 228 g/mol. The second-order valence-corrected chi connectivity index (χ2v) is 3.56. The molecule has 3 N–H and O–H groups in total. The summed E-state index contributed by atoms with van der Waals surface area (Å²) in [7, 11) is 1.38. The number of nitrogens with one attached hydrogen (secondary N) is 1. The van der Waals surface area contributed by atoms with Crippen LogP contribution in [0.2, 0.25) is 0 Å². The van der Waals surface area contributed by atoms with Gasteiger partial charge in [-0.2, -0.15) is 5.10 Å². The number of halogens is 2. The Hall–Kier alpha value is -1.95. The number of nitrogen functional groups attached to an aromatic ring is 1. The fourth-order valence-electron chi connectivity index (χ4n) is 1.53. The maximum absolute atomic E-state index is 13.6. The molecule has 1 aromatic heterocycles. The highest BCUT2D eigenvalue weighted by Crippen LogP contribution is 2.24. The molecular formula is C11H11F2N3O. The fraction of sp³-hybridized carbons (Fsp3) is 0.182. The van der Waals surface area contributed by atoms with Crippen molar-refractivity contribution in [2.45, 2.75) is 6.61 Å². The normalized spacial score (nSPS) is 10.8. The first-order valence-corrected chi connectivity index (χ1v) is 4.90. The summed E-state index contributed by atoms with van der Waals surface area (Å²) in [6.45, 7) is -0.108. The van der Waals surface area contributed by atoms with E-state index in [0.717, 1.165) is 0 Å². The van der Waals surface area contributed by atoms with Gasteiger partial charge < -0.3 is 10.5 Å². The number of hydrogen-bond acceptors (Lipinski definition) is 3. The molecule has 0 fully saturated rings. The average Bonchev–Trinajstić information content (AvgIpc) is 2.70. The molecule has 1 heterocycles. The molecule has 0 saturated heterocycles. The van der Waals surface area contributed by atoms with Crippen molar-refractivity contribution < 1.29 is 13.5 Å². The van der Waals surface area contributed by atoms with Crippen LogP contribution in [-0.2, 0) is 11.3 Å². The monoisotopic (exact) mass is 239 g/mol. The van der Waals surface area contributed by atoms with Crippen LogP contribution in [0.25, 0.3) is 11.3 Å². The van der Waals surface area contributed by atoms with Crippen molar-refractivity contribution in [2.75, 3.05) is 12.8 Å². The number of aromatic amines is 1. The summed E-state index contributed by atoms with van der Waals surface area (Å²) in [4.78, 5) is 0. The lowest BCUT2D eigenvalue weighted by Gasteiger charge is -2.06. The minimum absolute atomic E-state index is 0.0938. The molecule has 0 aliphatic carbocycles. The van der Waals surface area contributed by atoms with Gasteiger partial charge in [0.05, 0.1) is 12.3 Å². The van der Waals surface area contributed by atoms with Crippen molar-refractivity contribution in [1.82, 2.24) is 10.2 Å². The third-order valence-electron chi connectivity index (χ3n) is 2.34. The van der Waals surface area contributed by atoms with Crippen LogP contribution in [0.15, 0.2) is 18.2 Å². The Morgan fingerprint density at radius 1 is 1.29 bits per heavy atom. The SMILES string of the molecule is COCc1c(F)cc(-c2cc(N)n[nH]2)cc1F. The highest BCUT2D eigenvalue weighted by atomic mass is 19.1. The van der Waals surface area contributed by atoms with E-state index in [1.807, 2.05) is 0 Å². The van der Waals surface area contributed by atoms with Crippen LogP contribution >= 0.6 is 0 Å². The predicted octanol–water partition coefficient (Wildman–Crippen LogP) is 2.08. The number of anilines is 1. The molecule has 4 nitrogen and oxygen atoms in total. The number of nitrogens with zero attached hydrogens (tertiary/aromatic N) is 1.